The highest BCUT2D eigenvalue weighted by Crippen LogP contribution is 2.08. The summed E-state index contributed by atoms with van der Waals surface area (Å²) in [4.78, 5) is 0. The monoisotopic (exact) mass is 450 g/mol. The molecule has 0 atom stereocenters. The zero-order valence-electron chi connectivity index (χ0n) is 11.2. The second kappa shape index (κ2) is 11.0. The molecule has 0 bridgehead atoms. The molecule has 0 fully saturated rings. The topological polar surface area (TPSA) is 68.3 Å². The summed E-state index contributed by atoms with van der Waals surface area (Å²) < 4.78 is 44.4. The van der Waals surface area contributed by atoms with E-state index in [2.05, 4.69) is 31.9 Å². The van der Waals surface area contributed by atoms with Gasteiger partial charge in [0.1, 0.15) is 9.32 Å². The molecular weight excluding hydrogens is 432 g/mol. The van der Waals surface area contributed by atoms with Crippen molar-refractivity contribution in [2.45, 2.75) is 38.5 Å². The van der Waals surface area contributed by atoms with Crippen LogP contribution in [0.15, 0.2) is 23.0 Å². The fourth-order valence-electron chi connectivity index (χ4n) is 1.38. The van der Waals surface area contributed by atoms with Crippen LogP contribution in [0.5, 0.6) is 0 Å². The molecule has 0 aromatic heterocycles. The molecule has 0 aliphatic carbocycles. The number of alkyl halides is 2. The summed E-state index contributed by atoms with van der Waals surface area (Å²) in [6.07, 6.45) is 8.77. The largest absolute Gasteiger partial charge is 0.223 e. The standard InChI is InChI=1S/C12H20Br2O4S2/c13-11-19(15,16)9-7-5-3-1-2-4-6-8-10-20(17,18)12-14/h7-10H,1-6,11-12H2/b9-7+,10-8+. The second-order valence-corrected chi connectivity index (χ2v) is 10.7. The van der Waals surface area contributed by atoms with Crippen LogP contribution in [-0.2, 0) is 19.7 Å². The van der Waals surface area contributed by atoms with Crippen molar-refractivity contribution >= 4 is 51.5 Å². The van der Waals surface area contributed by atoms with Gasteiger partial charge in [-0.3, -0.25) is 0 Å². The van der Waals surface area contributed by atoms with Gasteiger partial charge in [-0.1, -0.05) is 56.9 Å². The van der Waals surface area contributed by atoms with Gasteiger partial charge in [0.25, 0.3) is 0 Å². The maximum atomic E-state index is 11.1. The average Bonchev–Trinajstić information content (AvgIpc) is 2.41. The van der Waals surface area contributed by atoms with E-state index in [1.54, 1.807) is 12.2 Å². The Balaban J connectivity index is 3.61. The highest BCUT2D eigenvalue weighted by Gasteiger charge is 2.01. The molecule has 0 rings (SSSR count). The maximum Gasteiger partial charge on any atom is 0.181 e. The molecule has 20 heavy (non-hydrogen) atoms. The van der Waals surface area contributed by atoms with Gasteiger partial charge in [0.2, 0.25) is 0 Å². The molecule has 0 saturated carbocycles. The lowest BCUT2D eigenvalue weighted by molar-refractivity contribution is 0.606. The van der Waals surface area contributed by atoms with Gasteiger partial charge in [-0.2, -0.15) is 0 Å². The molecule has 0 aromatic carbocycles. The van der Waals surface area contributed by atoms with Crippen molar-refractivity contribution in [3.05, 3.63) is 23.0 Å². The third-order valence-corrected chi connectivity index (χ3v) is 8.05. The zero-order chi connectivity index (χ0) is 15.5. The summed E-state index contributed by atoms with van der Waals surface area (Å²) in [5.74, 6) is 0. The Bertz CT molecular complexity index is 460. The lowest BCUT2D eigenvalue weighted by atomic mass is 10.1. The zero-order valence-corrected chi connectivity index (χ0v) is 16.0. The van der Waals surface area contributed by atoms with Gasteiger partial charge in [-0.25, -0.2) is 16.8 Å². The van der Waals surface area contributed by atoms with E-state index in [-0.39, 0.29) is 9.32 Å². The minimum absolute atomic E-state index is 0.0415. The summed E-state index contributed by atoms with van der Waals surface area (Å²) in [7, 11) is -6.15. The van der Waals surface area contributed by atoms with Crippen molar-refractivity contribution in [3.63, 3.8) is 0 Å². The van der Waals surface area contributed by atoms with E-state index in [1.165, 1.54) is 10.8 Å². The van der Waals surface area contributed by atoms with E-state index >= 15 is 0 Å². The van der Waals surface area contributed by atoms with Crippen molar-refractivity contribution in [2.75, 3.05) is 9.32 Å². The molecule has 4 nitrogen and oxygen atoms in total. The van der Waals surface area contributed by atoms with Crippen LogP contribution in [0.3, 0.4) is 0 Å². The van der Waals surface area contributed by atoms with Crippen LogP contribution < -0.4 is 0 Å². The molecule has 0 N–H and O–H groups in total. The van der Waals surface area contributed by atoms with Gasteiger partial charge in [0, 0.05) is 10.8 Å². The minimum Gasteiger partial charge on any atom is -0.223 e. The lowest BCUT2D eigenvalue weighted by Gasteiger charge is -1.97. The Morgan fingerprint density at radius 3 is 1.30 bits per heavy atom. The number of rotatable bonds is 11. The van der Waals surface area contributed by atoms with Gasteiger partial charge in [0.05, 0.1) is 0 Å². The first-order valence-electron chi connectivity index (χ1n) is 6.23. The Morgan fingerprint density at radius 2 is 1.00 bits per heavy atom. The maximum absolute atomic E-state index is 11.1. The molecule has 0 spiro atoms. The van der Waals surface area contributed by atoms with Crippen molar-refractivity contribution in [1.29, 1.82) is 0 Å². The lowest BCUT2D eigenvalue weighted by Crippen LogP contribution is -1.94. The van der Waals surface area contributed by atoms with E-state index in [1.807, 2.05) is 0 Å². The number of hydrogen-bond acceptors (Lipinski definition) is 4. The molecule has 0 unspecified atom stereocenters. The number of halogens is 2. The smallest absolute Gasteiger partial charge is 0.181 e. The van der Waals surface area contributed by atoms with Crippen LogP contribution in [-0.4, -0.2) is 26.2 Å². The Labute approximate surface area is 138 Å². The predicted octanol–water partition coefficient (Wildman–Crippen LogP) is 3.89. The van der Waals surface area contributed by atoms with Gasteiger partial charge in [-0.05, 0) is 25.7 Å². The molecule has 0 heterocycles. The van der Waals surface area contributed by atoms with Crippen LogP contribution in [0.2, 0.25) is 0 Å². The normalized spacial score (nSPS) is 13.5. The van der Waals surface area contributed by atoms with Crippen LogP contribution >= 0.6 is 31.9 Å². The molecule has 8 heteroatoms. The third kappa shape index (κ3) is 12.1. The Morgan fingerprint density at radius 1 is 0.650 bits per heavy atom. The van der Waals surface area contributed by atoms with E-state index in [4.69, 9.17) is 0 Å². The first-order chi connectivity index (χ1) is 9.33. The number of hydrogen-bond donors (Lipinski definition) is 0. The quantitative estimate of drug-likeness (QED) is 0.353. The molecule has 0 amide bonds. The molecule has 0 radical (unpaired) electrons. The van der Waals surface area contributed by atoms with Crippen molar-refractivity contribution in [2.24, 2.45) is 0 Å². The summed E-state index contributed by atoms with van der Waals surface area (Å²) >= 11 is 5.83. The first kappa shape index (κ1) is 20.3. The van der Waals surface area contributed by atoms with E-state index in [9.17, 15) is 16.8 Å². The molecular formula is C12H20Br2O4S2. The molecule has 0 aliphatic heterocycles. The average molecular weight is 452 g/mol. The summed E-state index contributed by atoms with van der Waals surface area (Å²) in [6, 6.07) is 0. The molecule has 0 saturated heterocycles. The van der Waals surface area contributed by atoms with Crippen LogP contribution in [0.4, 0.5) is 0 Å². The van der Waals surface area contributed by atoms with Gasteiger partial charge < -0.3 is 0 Å². The van der Waals surface area contributed by atoms with E-state index in [0.29, 0.717) is 0 Å². The molecule has 118 valence electrons. The highest BCUT2D eigenvalue weighted by atomic mass is 79.9. The third-order valence-electron chi connectivity index (χ3n) is 2.40. The van der Waals surface area contributed by atoms with Crippen LogP contribution in [0.25, 0.3) is 0 Å². The predicted molar refractivity (Wildman–Crippen MR) is 91.4 cm³/mol. The Kier molecular flexibility index (Phi) is 11.2. The summed E-state index contributed by atoms with van der Waals surface area (Å²) in [5, 5.41) is 2.49. The van der Waals surface area contributed by atoms with E-state index < -0.39 is 19.7 Å². The van der Waals surface area contributed by atoms with Crippen molar-refractivity contribution in [1.82, 2.24) is 0 Å². The fraction of sp³-hybridized carbons (Fsp3) is 0.667. The number of allylic oxidation sites excluding steroid dienone is 2. The second-order valence-electron chi connectivity index (χ2n) is 4.28. The van der Waals surface area contributed by atoms with Gasteiger partial charge in [0.15, 0.2) is 19.7 Å². The summed E-state index contributed by atoms with van der Waals surface area (Å²) in [6.45, 7) is 0. The first-order valence-corrected chi connectivity index (χ1v) is 11.9. The SMILES string of the molecule is O=S(=O)(/C=C/CCCCCC/C=C/S(=O)(=O)CBr)CBr. The fourth-order valence-corrected chi connectivity index (χ4v) is 3.30. The van der Waals surface area contributed by atoms with Crippen molar-refractivity contribution < 1.29 is 16.8 Å². The number of unbranched alkanes of at least 4 members (excludes halogenated alkanes) is 5. The number of sulfone groups is 2. The van der Waals surface area contributed by atoms with Crippen LogP contribution in [0.1, 0.15) is 38.5 Å². The van der Waals surface area contributed by atoms with E-state index in [0.717, 1.165) is 38.5 Å². The van der Waals surface area contributed by atoms with Crippen molar-refractivity contribution in [3.8, 4) is 0 Å². The molecule has 0 aromatic rings. The minimum atomic E-state index is -3.07. The Hall–Kier alpha value is 0.340. The van der Waals surface area contributed by atoms with Gasteiger partial charge in [-0.15, -0.1) is 0 Å². The highest BCUT2D eigenvalue weighted by molar-refractivity contribution is 9.11. The van der Waals surface area contributed by atoms with Gasteiger partial charge >= 0.3 is 0 Å². The van der Waals surface area contributed by atoms with Crippen LogP contribution in [0, 0.1) is 0 Å². The molecule has 0 aliphatic rings. The summed E-state index contributed by atoms with van der Waals surface area (Å²) in [5.41, 5.74) is 0.